The van der Waals surface area contributed by atoms with Crippen molar-refractivity contribution in [3.8, 4) is 0 Å². The van der Waals surface area contributed by atoms with Crippen LogP contribution in [0.4, 0.5) is 0 Å². The van der Waals surface area contributed by atoms with Gasteiger partial charge in [-0.1, -0.05) is 40.0 Å². The summed E-state index contributed by atoms with van der Waals surface area (Å²) in [5.74, 6) is 2.19. The second kappa shape index (κ2) is 8.47. The van der Waals surface area contributed by atoms with Crippen molar-refractivity contribution in [1.29, 1.82) is 0 Å². The van der Waals surface area contributed by atoms with Gasteiger partial charge in [-0.3, -0.25) is 0 Å². The van der Waals surface area contributed by atoms with Crippen molar-refractivity contribution in [2.24, 2.45) is 17.8 Å². The van der Waals surface area contributed by atoms with E-state index in [0.29, 0.717) is 5.92 Å². The molecule has 2 heterocycles. The SMILES string of the molecule is CCCCCC1C(C)C(CC)C=[N+]2CCCCCC12OCC. The highest BCUT2D eigenvalue weighted by atomic mass is 16.5. The predicted octanol–water partition coefficient (Wildman–Crippen LogP) is 5.25. The summed E-state index contributed by atoms with van der Waals surface area (Å²) in [7, 11) is 0. The molecule has 0 aromatic carbocycles. The zero-order valence-electron chi connectivity index (χ0n) is 15.4. The van der Waals surface area contributed by atoms with Crippen LogP contribution in [0.1, 0.15) is 85.5 Å². The lowest BCUT2D eigenvalue weighted by molar-refractivity contribution is -0.678. The number of ether oxygens (including phenoxy) is 1. The van der Waals surface area contributed by atoms with Gasteiger partial charge in [0.05, 0.1) is 12.5 Å². The smallest absolute Gasteiger partial charge is 0.269 e. The summed E-state index contributed by atoms with van der Waals surface area (Å²) >= 11 is 0. The number of hydrogen-bond acceptors (Lipinski definition) is 1. The highest BCUT2D eigenvalue weighted by Crippen LogP contribution is 2.45. The van der Waals surface area contributed by atoms with Gasteiger partial charge in [0, 0.05) is 18.8 Å². The molecule has 0 amide bonds. The van der Waals surface area contributed by atoms with Gasteiger partial charge in [-0.15, -0.1) is 0 Å². The third kappa shape index (κ3) is 3.58. The van der Waals surface area contributed by atoms with Crippen molar-refractivity contribution in [1.82, 2.24) is 0 Å². The molecule has 0 bridgehead atoms. The van der Waals surface area contributed by atoms with Crippen molar-refractivity contribution < 1.29 is 9.31 Å². The summed E-state index contributed by atoms with van der Waals surface area (Å²) in [6.07, 6.45) is 14.5. The normalized spacial score (nSPS) is 35.6. The molecule has 0 radical (unpaired) electrons. The molecule has 2 nitrogen and oxygen atoms in total. The summed E-state index contributed by atoms with van der Waals surface area (Å²) in [6, 6.07) is 0. The molecule has 0 aliphatic carbocycles. The lowest BCUT2D eigenvalue weighted by Crippen LogP contribution is -2.58. The van der Waals surface area contributed by atoms with Gasteiger partial charge in [0.15, 0.2) is 0 Å². The molecule has 0 aromatic heterocycles. The monoisotopic (exact) mass is 308 g/mol. The summed E-state index contributed by atoms with van der Waals surface area (Å²) in [5.41, 5.74) is 0.00405. The van der Waals surface area contributed by atoms with Crippen LogP contribution in [0.5, 0.6) is 0 Å². The maximum Gasteiger partial charge on any atom is 0.269 e. The lowest BCUT2D eigenvalue weighted by Gasteiger charge is -2.44. The number of fused-ring (bicyclic) bond motifs is 1. The molecule has 1 saturated heterocycles. The Morgan fingerprint density at radius 1 is 1.14 bits per heavy atom. The van der Waals surface area contributed by atoms with E-state index in [1.54, 1.807) is 0 Å². The molecule has 0 N–H and O–H groups in total. The zero-order valence-corrected chi connectivity index (χ0v) is 15.4. The molecular weight excluding hydrogens is 270 g/mol. The highest BCUT2D eigenvalue weighted by Gasteiger charge is 2.55. The fourth-order valence-electron chi connectivity index (χ4n) is 4.94. The lowest BCUT2D eigenvalue weighted by atomic mass is 9.70. The van der Waals surface area contributed by atoms with E-state index < -0.39 is 0 Å². The Balaban J connectivity index is 2.33. The first-order valence-electron chi connectivity index (χ1n) is 9.95. The molecule has 2 aliphatic rings. The molecule has 2 aliphatic heterocycles. The average molecular weight is 309 g/mol. The van der Waals surface area contributed by atoms with Crippen LogP contribution in [0.3, 0.4) is 0 Å². The van der Waals surface area contributed by atoms with Crippen LogP contribution in [-0.4, -0.2) is 29.7 Å². The van der Waals surface area contributed by atoms with Gasteiger partial charge in [0.1, 0.15) is 12.8 Å². The first kappa shape index (κ1) is 18.0. The highest BCUT2D eigenvalue weighted by molar-refractivity contribution is 5.56. The second-order valence-corrected chi connectivity index (χ2v) is 7.46. The minimum atomic E-state index is 0.00405. The van der Waals surface area contributed by atoms with E-state index in [9.17, 15) is 0 Å². The van der Waals surface area contributed by atoms with Gasteiger partial charge in [0.25, 0.3) is 5.72 Å². The van der Waals surface area contributed by atoms with Crippen LogP contribution in [0, 0.1) is 17.8 Å². The molecule has 0 aromatic rings. The van der Waals surface area contributed by atoms with E-state index in [2.05, 4.69) is 38.5 Å². The Bertz CT molecular complexity index is 365. The minimum absolute atomic E-state index is 0.00405. The van der Waals surface area contributed by atoms with E-state index in [-0.39, 0.29) is 5.72 Å². The van der Waals surface area contributed by atoms with Gasteiger partial charge in [-0.25, -0.2) is 4.58 Å². The van der Waals surface area contributed by atoms with Crippen molar-refractivity contribution in [3.63, 3.8) is 0 Å². The molecule has 128 valence electrons. The van der Waals surface area contributed by atoms with Crippen molar-refractivity contribution >= 4 is 6.21 Å². The fourth-order valence-corrected chi connectivity index (χ4v) is 4.94. The Morgan fingerprint density at radius 2 is 1.95 bits per heavy atom. The molecule has 0 saturated carbocycles. The van der Waals surface area contributed by atoms with Gasteiger partial charge in [-0.05, 0) is 38.5 Å². The first-order chi connectivity index (χ1) is 10.7. The maximum atomic E-state index is 6.56. The third-order valence-electron chi connectivity index (χ3n) is 6.17. The van der Waals surface area contributed by atoms with Crippen molar-refractivity contribution in [3.05, 3.63) is 0 Å². The molecule has 0 spiro atoms. The molecular formula is C20H38NO+. The van der Waals surface area contributed by atoms with Crippen LogP contribution in [0.25, 0.3) is 0 Å². The number of hydrogen-bond donors (Lipinski definition) is 0. The largest absolute Gasteiger partial charge is 0.319 e. The van der Waals surface area contributed by atoms with Gasteiger partial charge >= 0.3 is 0 Å². The Hall–Kier alpha value is -0.370. The van der Waals surface area contributed by atoms with E-state index in [1.165, 1.54) is 64.3 Å². The fraction of sp³-hybridized carbons (Fsp3) is 0.950. The van der Waals surface area contributed by atoms with E-state index in [4.69, 9.17) is 4.74 Å². The van der Waals surface area contributed by atoms with Crippen LogP contribution in [0.2, 0.25) is 0 Å². The number of rotatable bonds is 7. The average Bonchev–Trinajstić information content (AvgIpc) is 2.72. The standard InChI is InChI=1S/C20H38NO/c1-5-8-10-13-19-17(4)18(6-2)16-21-15-12-9-11-14-20(19,21)22-7-3/h16-19H,5-15H2,1-4H3/q+1. The molecule has 22 heavy (non-hydrogen) atoms. The van der Waals surface area contributed by atoms with Gasteiger partial charge in [0.2, 0.25) is 0 Å². The molecule has 4 unspecified atom stereocenters. The topological polar surface area (TPSA) is 12.2 Å². The zero-order chi connectivity index (χ0) is 16.0. The van der Waals surface area contributed by atoms with Crippen molar-refractivity contribution in [2.75, 3.05) is 13.2 Å². The van der Waals surface area contributed by atoms with E-state index in [0.717, 1.165) is 18.4 Å². The summed E-state index contributed by atoms with van der Waals surface area (Å²) < 4.78 is 9.20. The number of unbranched alkanes of at least 4 members (excludes halogenated alkanes) is 2. The maximum absolute atomic E-state index is 6.56. The third-order valence-corrected chi connectivity index (χ3v) is 6.17. The van der Waals surface area contributed by atoms with Crippen LogP contribution < -0.4 is 0 Å². The number of nitrogens with zero attached hydrogens (tertiary/aromatic N) is 1. The van der Waals surface area contributed by atoms with Crippen molar-refractivity contribution in [2.45, 2.75) is 91.2 Å². The second-order valence-electron chi connectivity index (χ2n) is 7.46. The van der Waals surface area contributed by atoms with Crippen LogP contribution in [-0.2, 0) is 4.74 Å². The van der Waals surface area contributed by atoms with Crippen LogP contribution >= 0.6 is 0 Å². The Labute approximate surface area is 138 Å². The Morgan fingerprint density at radius 3 is 2.64 bits per heavy atom. The minimum Gasteiger partial charge on any atom is -0.319 e. The van der Waals surface area contributed by atoms with Crippen LogP contribution in [0.15, 0.2) is 0 Å². The van der Waals surface area contributed by atoms with E-state index in [1.807, 2.05) is 0 Å². The molecule has 1 fully saturated rings. The predicted molar refractivity (Wildman–Crippen MR) is 94.6 cm³/mol. The van der Waals surface area contributed by atoms with Gasteiger partial charge < -0.3 is 4.74 Å². The molecule has 2 heteroatoms. The first-order valence-corrected chi connectivity index (χ1v) is 9.95. The van der Waals surface area contributed by atoms with E-state index >= 15 is 0 Å². The summed E-state index contributed by atoms with van der Waals surface area (Å²) in [5, 5.41) is 0. The quantitative estimate of drug-likeness (QED) is 0.462. The molecule has 4 atom stereocenters. The van der Waals surface area contributed by atoms with Gasteiger partial charge in [-0.2, -0.15) is 0 Å². The summed E-state index contributed by atoms with van der Waals surface area (Å²) in [6.45, 7) is 11.4. The Kier molecular flexibility index (Phi) is 6.92. The molecule has 2 rings (SSSR count). The summed E-state index contributed by atoms with van der Waals surface area (Å²) in [4.78, 5) is 0.